The number of benzene rings is 1. The lowest BCUT2D eigenvalue weighted by Gasteiger charge is -2.41. The number of piperidine rings is 2. The van der Waals surface area contributed by atoms with Crippen LogP contribution >= 0.6 is 0 Å². The number of likely N-dealkylation sites (tertiary alicyclic amines) is 2. The van der Waals surface area contributed by atoms with Crippen LogP contribution in [-0.2, 0) is 19.6 Å². The summed E-state index contributed by atoms with van der Waals surface area (Å²) in [4.78, 5) is 26.1. The molecule has 4 heterocycles. The maximum absolute atomic E-state index is 13.5. The number of halogens is 3. The van der Waals surface area contributed by atoms with Gasteiger partial charge >= 0.3 is 12.2 Å². The Bertz CT molecular complexity index is 1230. The predicted octanol–water partition coefficient (Wildman–Crippen LogP) is 3.28. The second-order valence-electron chi connectivity index (χ2n) is 10.3. The van der Waals surface area contributed by atoms with Gasteiger partial charge in [0.2, 0.25) is 11.6 Å². The highest BCUT2D eigenvalue weighted by Gasteiger charge is 2.40. The quantitative estimate of drug-likeness (QED) is 0.655. The summed E-state index contributed by atoms with van der Waals surface area (Å²) in [6.45, 7) is 4.40. The third-order valence-corrected chi connectivity index (χ3v) is 7.76. The number of carbonyl (C=O) groups excluding carboxylic acids is 1. The van der Waals surface area contributed by atoms with Crippen LogP contribution in [-0.4, -0.2) is 86.1 Å². The normalized spacial score (nSPS) is 23.0. The number of aliphatic imine (C=N–C) groups is 2. The third-order valence-electron chi connectivity index (χ3n) is 7.76. The van der Waals surface area contributed by atoms with Crippen molar-refractivity contribution in [2.45, 2.75) is 50.8 Å². The maximum atomic E-state index is 13.5. The van der Waals surface area contributed by atoms with Crippen molar-refractivity contribution in [2.75, 3.05) is 32.7 Å². The van der Waals surface area contributed by atoms with Gasteiger partial charge in [-0.05, 0) is 36.8 Å². The molecule has 2 unspecified atom stereocenters. The van der Waals surface area contributed by atoms with Gasteiger partial charge in [-0.3, -0.25) is 4.99 Å². The number of carbonyl (C=O) groups is 1. The predicted molar refractivity (Wildman–Crippen MR) is 135 cm³/mol. The molecule has 1 N–H and O–H groups in total. The van der Waals surface area contributed by atoms with E-state index in [9.17, 15) is 23.1 Å². The van der Waals surface area contributed by atoms with Crippen LogP contribution in [0.4, 0.5) is 18.0 Å². The van der Waals surface area contributed by atoms with E-state index in [2.05, 4.69) is 51.4 Å². The Morgan fingerprint density at radius 1 is 1.05 bits per heavy atom. The molecular weight excluding hydrogens is 499 g/mol. The standard InChI is InChI=1S/C26H32F3N7O2/c1-3-16-4-6-17(7-5-16)18-12-19(15-36(14-18)25(38)35-10-8-20(37)9-11-35)21-13-30-22(31-21)23-32-33-24(34(23)2)26(27,28)29/h4-7,18-20,37H,3,8-15H2,1-2H3. The molecule has 0 saturated carbocycles. The Kier molecular flexibility index (Phi) is 7.26. The fourth-order valence-corrected chi connectivity index (χ4v) is 5.50. The first-order valence-corrected chi connectivity index (χ1v) is 13.0. The molecule has 3 aliphatic heterocycles. The van der Waals surface area contributed by atoms with Crippen molar-refractivity contribution in [1.82, 2.24) is 24.6 Å². The summed E-state index contributed by atoms with van der Waals surface area (Å²) in [7, 11) is 1.25. The lowest BCUT2D eigenvalue weighted by atomic mass is 9.82. The number of aliphatic hydroxyl groups excluding tert-OH is 1. The SMILES string of the molecule is CCc1ccc(C2CC(C3=NC(c4nnc(C(F)(F)F)n4C)=NC3)CN(C(=O)N3CCC(O)CC3)C2)cc1. The van der Waals surface area contributed by atoms with Crippen molar-refractivity contribution in [3.05, 3.63) is 47.0 Å². The molecule has 2 aromatic rings. The molecule has 204 valence electrons. The number of hydrogen-bond acceptors (Lipinski definition) is 6. The van der Waals surface area contributed by atoms with Crippen LogP contribution in [0.5, 0.6) is 0 Å². The molecule has 2 saturated heterocycles. The summed E-state index contributed by atoms with van der Waals surface area (Å²) in [5.41, 5.74) is 3.11. The first-order valence-electron chi connectivity index (χ1n) is 13.0. The number of aliphatic hydroxyl groups is 1. The third kappa shape index (κ3) is 5.31. The molecule has 0 aliphatic carbocycles. The van der Waals surface area contributed by atoms with Crippen LogP contribution in [0.3, 0.4) is 0 Å². The smallest absolute Gasteiger partial charge is 0.393 e. The van der Waals surface area contributed by atoms with Crippen molar-refractivity contribution in [2.24, 2.45) is 23.0 Å². The van der Waals surface area contributed by atoms with Crippen molar-refractivity contribution < 1.29 is 23.1 Å². The molecular formula is C26H32F3N7O2. The van der Waals surface area contributed by atoms with Crippen molar-refractivity contribution in [1.29, 1.82) is 0 Å². The number of aryl methyl sites for hydroxylation is 1. The van der Waals surface area contributed by atoms with Gasteiger partial charge in [-0.15, -0.1) is 10.2 Å². The maximum Gasteiger partial charge on any atom is 0.451 e. The first-order chi connectivity index (χ1) is 18.1. The van der Waals surface area contributed by atoms with Gasteiger partial charge in [0.1, 0.15) is 0 Å². The molecule has 2 atom stereocenters. The number of rotatable bonds is 4. The topological polar surface area (TPSA) is 99.2 Å². The molecule has 1 aromatic heterocycles. The van der Waals surface area contributed by atoms with E-state index in [-0.39, 0.29) is 42.2 Å². The fourth-order valence-electron chi connectivity index (χ4n) is 5.50. The van der Waals surface area contributed by atoms with Gasteiger partial charge in [0, 0.05) is 50.8 Å². The molecule has 38 heavy (non-hydrogen) atoms. The zero-order valence-electron chi connectivity index (χ0n) is 21.5. The van der Waals surface area contributed by atoms with E-state index in [4.69, 9.17) is 0 Å². The molecule has 0 spiro atoms. The summed E-state index contributed by atoms with van der Waals surface area (Å²) in [6, 6.07) is 8.39. The average molecular weight is 532 g/mol. The van der Waals surface area contributed by atoms with Gasteiger partial charge in [-0.1, -0.05) is 31.2 Å². The summed E-state index contributed by atoms with van der Waals surface area (Å²) in [5, 5.41) is 16.9. The molecule has 2 amide bonds. The van der Waals surface area contributed by atoms with E-state index in [1.165, 1.54) is 12.6 Å². The van der Waals surface area contributed by atoms with E-state index in [0.29, 0.717) is 39.0 Å². The fraction of sp³-hybridized carbons (Fsp3) is 0.577. The Labute approximate surface area is 219 Å². The van der Waals surface area contributed by atoms with Gasteiger partial charge in [0.25, 0.3) is 0 Å². The first kappa shape index (κ1) is 26.3. The van der Waals surface area contributed by atoms with E-state index >= 15 is 0 Å². The zero-order chi connectivity index (χ0) is 27.0. The average Bonchev–Trinajstić information content (AvgIpc) is 3.55. The largest absolute Gasteiger partial charge is 0.451 e. The van der Waals surface area contributed by atoms with Gasteiger partial charge in [-0.25, -0.2) is 9.79 Å². The molecule has 0 bridgehead atoms. The van der Waals surface area contributed by atoms with Crippen LogP contribution in [0.1, 0.15) is 54.9 Å². The Morgan fingerprint density at radius 2 is 1.74 bits per heavy atom. The van der Waals surface area contributed by atoms with E-state index in [1.54, 1.807) is 4.90 Å². The van der Waals surface area contributed by atoms with Crippen LogP contribution in [0, 0.1) is 5.92 Å². The van der Waals surface area contributed by atoms with Gasteiger partial charge in [0.15, 0.2) is 5.84 Å². The van der Waals surface area contributed by atoms with E-state index in [0.717, 1.165) is 28.7 Å². The summed E-state index contributed by atoms with van der Waals surface area (Å²) in [6.07, 6.45) is -2.18. The minimum Gasteiger partial charge on any atom is -0.393 e. The highest BCUT2D eigenvalue weighted by atomic mass is 19.4. The highest BCUT2D eigenvalue weighted by molar-refractivity contribution is 6.11. The van der Waals surface area contributed by atoms with Crippen LogP contribution < -0.4 is 0 Å². The van der Waals surface area contributed by atoms with Crippen LogP contribution in [0.15, 0.2) is 34.3 Å². The molecule has 2 fully saturated rings. The number of amides is 2. The van der Waals surface area contributed by atoms with Crippen LogP contribution in [0.2, 0.25) is 0 Å². The van der Waals surface area contributed by atoms with Gasteiger partial charge < -0.3 is 19.5 Å². The van der Waals surface area contributed by atoms with Gasteiger partial charge in [0.05, 0.1) is 12.6 Å². The number of aromatic nitrogens is 3. The Morgan fingerprint density at radius 3 is 2.37 bits per heavy atom. The number of nitrogens with zero attached hydrogens (tertiary/aromatic N) is 7. The molecule has 12 heteroatoms. The number of urea groups is 1. The second kappa shape index (κ2) is 10.5. The number of alkyl halides is 3. The molecule has 0 radical (unpaired) electrons. The molecule has 1 aromatic carbocycles. The monoisotopic (exact) mass is 531 g/mol. The molecule has 3 aliphatic rings. The lowest BCUT2D eigenvalue weighted by molar-refractivity contribution is -0.147. The molecule has 5 rings (SSSR count). The van der Waals surface area contributed by atoms with Crippen molar-refractivity contribution >= 4 is 17.6 Å². The Balaban J connectivity index is 1.39. The Hall–Kier alpha value is -3.28. The van der Waals surface area contributed by atoms with Crippen molar-refractivity contribution in [3.8, 4) is 0 Å². The minimum atomic E-state index is -4.62. The minimum absolute atomic E-state index is 0.0327. The lowest BCUT2D eigenvalue weighted by Crippen LogP contribution is -2.52. The second-order valence-corrected chi connectivity index (χ2v) is 10.3. The number of amidine groups is 1. The van der Waals surface area contributed by atoms with Gasteiger partial charge in [-0.2, -0.15) is 13.2 Å². The highest BCUT2D eigenvalue weighted by Crippen LogP contribution is 2.34. The summed E-state index contributed by atoms with van der Waals surface area (Å²) >= 11 is 0. The van der Waals surface area contributed by atoms with Crippen LogP contribution in [0.25, 0.3) is 0 Å². The van der Waals surface area contributed by atoms with E-state index < -0.39 is 12.0 Å². The molecule has 9 nitrogen and oxygen atoms in total. The van der Waals surface area contributed by atoms with E-state index in [1.807, 2.05) is 4.90 Å². The summed E-state index contributed by atoms with van der Waals surface area (Å²) in [5.74, 6) is -1.03. The summed E-state index contributed by atoms with van der Waals surface area (Å²) < 4.78 is 40.5. The van der Waals surface area contributed by atoms with Crippen molar-refractivity contribution in [3.63, 3.8) is 0 Å². The number of hydrogen-bond donors (Lipinski definition) is 1. The zero-order valence-corrected chi connectivity index (χ0v) is 21.5.